The van der Waals surface area contributed by atoms with E-state index < -0.39 is 10.0 Å². The Morgan fingerprint density at radius 1 is 1.03 bits per heavy atom. The number of rotatable bonds is 8. The maximum absolute atomic E-state index is 12.6. The molecule has 1 aliphatic rings. The number of nitrogens with zero attached hydrogens (tertiary/aromatic N) is 2. The average Bonchev–Trinajstić information content (AvgIpc) is 2.72. The number of halogens is 1. The van der Waals surface area contributed by atoms with Crippen LogP contribution in [0.2, 0.25) is 0 Å². The molecule has 0 unspecified atom stereocenters. The molecule has 0 aliphatic carbocycles. The molecule has 0 spiro atoms. The highest BCUT2D eigenvalue weighted by Gasteiger charge is 2.22. The van der Waals surface area contributed by atoms with Gasteiger partial charge in [0.05, 0.1) is 11.9 Å². The van der Waals surface area contributed by atoms with Gasteiger partial charge >= 0.3 is 0 Å². The molecule has 1 aliphatic heterocycles. The van der Waals surface area contributed by atoms with Crippen molar-refractivity contribution in [1.29, 1.82) is 0 Å². The van der Waals surface area contributed by atoms with Crippen molar-refractivity contribution < 1.29 is 13.2 Å². The van der Waals surface area contributed by atoms with Crippen LogP contribution in [-0.4, -0.2) is 45.1 Å². The Bertz CT molecular complexity index is 975. The van der Waals surface area contributed by atoms with E-state index in [4.69, 9.17) is 0 Å². The van der Waals surface area contributed by atoms with Crippen LogP contribution in [-0.2, 0) is 27.9 Å². The van der Waals surface area contributed by atoms with E-state index in [2.05, 4.69) is 32.2 Å². The van der Waals surface area contributed by atoms with E-state index in [0.717, 1.165) is 35.8 Å². The minimum atomic E-state index is -3.61. The first-order valence-corrected chi connectivity index (χ1v) is 12.8. The lowest BCUT2D eigenvalue weighted by molar-refractivity contribution is -0.119. The van der Waals surface area contributed by atoms with Gasteiger partial charge in [0, 0.05) is 17.6 Å². The van der Waals surface area contributed by atoms with E-state index in [9.17, 15) is 13.2 Å². The molecule has 1 saturated heterocycles. The molecule has 2 aromatic carbocycles. The summed E-state index contributed by atoms with van der Waals surface area (Å²) in [6.07, 6.45) is 4.86. The Kier molecular flexibility index (Phi) is 7.91. The third kappa shape index (κ3) is 6.30. The Morgan fingerprint density at radius 2 is 1.67 bits per heavy atom. The van der Waals surface area contributed by atoms with Gasteiger partial charge in [0.25, 0.3) is 0 Å². The average molecular weight is 494 g/mol. The van der Waals surface area contributed by atoms with Gasteiger partial charge in [0.1, 0.15) is 6.54 Å². The quantitative estimate of drug-likeness (QED) is 0.610. The molecule has 2 aromatic rings. The number of nitrogens with one attached hydrogen (secondary N) is 1. The summed E-state index contributed by atoms with van der Waals surface area (Å²) in [6.45, 7) is 3.19. The monoisotopic (exact) mass is 493 g/mol. The fourth-order valence-electron chi connectivity index (χ4n) is 3.66. The largest absolute Gasteiger partial charge is 0.350 e. The minimum absolute atomic E-state index is 0.268. The highest BCUT2D eigenvalue weighted by atomic mass is 79.9. The van der Waals surface area contributed by atoms with Crippen molar-refractivity contribution in [3.05, 3.63) is 64.1 Å². The highest BCUT2D eigenvalue weighted by Crippen LogP contribution is 2.27. The molecule has 1 fully saturated rings. The second-order valence-corrected chi connectivity index (χ2v) is 10.4. The second kappa shape index (κ2) is 10.4. The van der Waals surface area contributed by atoms with Gasteiger partial charge in [-0.25, -0.2) is 8.42 Å². The number of likely N-dealkylation sites (tertiary alicyclic amines) is 1. The van der Waals surface area contributed by atoms with Gasteiger partial charge in [0.15, 0.2) is 0 Å². The van der Waals surface area contributed by atoms with Gasteiger partial charge in [-0.2, -0.15) is 0 Å². The van der Waals surface area contributed by atoms with Crippen molar-refractivity contribution in [3.63, 3.8) is 0 Å². The van der Waals surface area contributed by atoms with E-state index in [-0.39, 0.29) is 12.5 Å². The summed E-state index contributed by atoms with van der Waals surface area (Å²) in [5.74, 6) is -0.344. The summed E-state index contributed by atoms with van der Waals surface area (Å²) in [5, 5.41) is 2.89. The summed E-state index contributed by atoms with van der Waals surface area (Å²) in [6, 6.07) is 15.1. The van der Waals surface area contributed by atoms with Gasteiger partial charge in [-0.3, -0.25) is 14.0 Å². The molecular formula is C22H28BrN3O3S. The molecule has 8 heteroatoms. The molecule has 0 atom stereocenters. The fourth-order valence-corrected chi connectivity index (χ4v) is 5.14. The first kappa shape index (κ1) is 22.8. The van der Waals surface area contributed by atoms with Crippen LogP contribution in [0.5, 0.6) is 0 Å². The molecule has 1 N–H and O–H groups in total. The molecule has 6 nitrogen and oxygen atoms in total. The first-order chi connectivity index (χ1) is 14.3. The number of carbonyl (C=O) groups is 1. The number of amides is 1. The van der Waals surface area contributed by atoms with Crippen molar-refractivity contribution in [3.8, 4) is 0 Å². The van der Waals surface area contributed by atoms with Crippen molar-refractivity contribution in [2.75, 3.05) is 30.2 Å². The maximum atomic E-state index is 12.6. The van der Waals surface area contributed by atoms with E-state index in [1.807, 2.05) is 18.2 Å². The number of benzene rings is 2. The van der Waals surface area contributed by atoms with Crippen LogP contribution in [0.3, 0.4) is 0 Å². The van der Waals surface area contributed by atoms with Gasteiger partial charge in [-0.1, -0.05) is 42.8 Å². The van der Waals surface area contributed by atoms with E-state index in [1.165, 1.54) is 24.8 Å². The zero-order valence-electron chi connectivity index (χ0n) is 17.2. The molecule has 1 heterocycles. The Morgan fingerprint density at radius 3 is 2.33 bits per heavy atom. The fraction of sp³-hybridized carbons (Fsp3) is 0.409. The predicted molar refractivity (Wildman–Crippen MR) is 124 cm³/mol. The number of para-hydroxylation sites is 1. The van der Waals surface area contributed by atoms with Gasteiger partial charge < -0.3 is 5.32 Å². The van der Waals surface area contributed by atoms with Crippen LogP contribution in [0, 0.1) is 0 Å². The molecule has 1 amide bonds. The van der Waals surface area contributed by atoms with Crippen LogP contribution in [0.4, 0.5) is 5.69 Å². The molecule has 0 aromatic heterocycles. The number of sulfonamides is 1. The second-order valence-electron chi connectivity index (χ2n) is 7.60. The Hall–Kier alpha value is -1.90. The maximum Gasteiger partial charge on any atom is 0.241 e. The summed E-state index contributed by atoms with van der Waals surface area (Å²) in [7, 11) is -3.61. The third-order valence-corrected chi connectivity index (χ3v) is 7.04. The number of piperidine rings is 1. The van der Waals surface area contributed by atoms with Crippen LogP contribution in [0.15, 0.2) is 53.0 Å². The van der Waals surface area contributed by atoms with Crippen molar-refractivity contribution in [1.82, 2.24) is 10.2 Å². The molecule has 3 rings (SSSR count). The number of anilines is 1. The van der Waals surface area contributed by atoms with Gasteiger partial charge in [-0.15, -0.1) is 0 Å². The van der Waals surface area contributed by atoms with E-state index >= 15 is 0 Å². The van der Waals surface area contributed by atoms with Gasteiger partial charge in [-0.05, 0) is 65.1 Å². The molecular weight excluding hydrogens is 466 g/mol. The summed E-state index contributed by atoms with van der Waals surface area (Å²) in [4.78, 5) is 15.1. The summed E-state index contributed by atoms with van der Waals surface area (Å²) < 4.78 is 26.3. The van der Waals surface area contributed by atoms with Crippen LogP contribution in [0.25, 0.3) is 0 Å². The SMILES string of the molecule is CS(=O)(=O)N(CC(=O)NCc1ccccc1CN1CCCCC1)c1ccccc1Br. The third-order valence-electron chi connectivity index (χ3n) is 5.25. The highest BCUT2D eigenvalue weighted by molar-refractivity contribution is 9.10. The van der Waals surface area contributed by atoms with Crippen molar-refractivity contribution in [2.24, 2.45) is 0 Å². The molecule has 162 valence electrons. The first-order valence-electron chi connectivity index (χ1n) is 10.1. The lowest BCUT2D eigenvalue weighted by Gasteiger charge is -2.27. The van der Waals surface area contributed by atoms with E-state index in [1.54, 1.807) is 24.3 Å². The zero-order chi connectivity index (χ0) is 21.6. The molecule has 0 saturated carbocycles. The lowest BCUT2D eigenvalue weighted by atomic mass is 10.0. The number of hydrogen-bond donors (Lipinski definition) is 1. The Balaban J connectivity index is 1.66. The van der Waals surface area contributed by atoms with Gasteiger partial charge in [0.2, 0.25) is 15.9 Å². The topological polar surface area (TPSA) is 69.7 Å². The van der Waals surface area contributed by atoms with Crippen molar-refractivity contribution in [2.45, 2.75) is 32.4 Å². The smallest absolute Gasteiger partial charge is 0.241 e. The lowest BCUT2D eigenvalue weighted by Crippen LogP contribution is -2.40. The summed E-state index contributed by atoms with van der Waals surface area (Å²) >= 11 is 3.37. The number of carbonyl (C=O) groups excluding carboxylic acids is 1. The molecule has 0 bridgehead atoms. The van der Waals surface area contributed by atoms with Crippen molar-refractivity contribution >= 4 is 37.5 Å². The van der Waals surface area contributed by atoms with E-state index in [0.29, 0.717) is 16.7 Å². The minimum Gasteiger partial charge on any atom is -0.350 e. The van der Waals surface area contributed by atoms with Crippen LogP contribution >= 0.6 is 15.9 Å². The zero-order valence-corrected chi connectivity index (χ0v) is 19.6. The summed E-state index contributed by atoms with van der Waals surface area (Å²) in [5.41, 5.74) is 2.70. The molecule has 0 radical (unpaired) electrons. The molecule has 30 heavy (non-hydrogen) atoms. The van der Waals surface area contributed by atoms with Crippen LogP contribution in [0.1, 0.15) is 30.4 Å². The number of hydrogen-bond acceptors (Lipinski definition) is 4. The Labute approximate surface area is 187 Å². The normalized spacial score (nSPS) is 15.0. The standard InChI is InChI=1S/C22H28BrN3O3S/c1-30(28,29)26(21-12-6-5-11-20(21)23)17-22(27)24-15-18-9-3-4-10-19(18)16-25-13-7-2-8-14-25/h3-6,9-12H,2,7-8,13-17H2,1H3,(H,24,27). The predicted octanol–water partition coefficient (Wildman–Crippen LogP) is 3.52. The van der Waals surface area contributed by atoms with Crippen LogP contribution < -0.4 is 9.62 Å².